The Morgan fingerprint density at radius 3 is 2.22 bits per heavy atom. The van der Waals surface area contributed by atoms with E-state index in [9.17, 15) is 9.59 Å². The molecule has 0 aliphatic rings. The second-order valence-electron chi connectivity index (χ2n) is 6.78. The van der Waals surface area contributed by atoms with Gasteiger partial charge in [-0.05, 0) is 43.2 Å². The number of carbonyl (C=O) groups excluding carboxylic acids is 2. The van der Waals surface area contributed by atoms with Gasteiger partial charge in [0.15, 0.2) is 0 Å². The van der Waals surface area contributed by atoms with Crippen LogP contribution in [0.25, 0.3) is 0 Å². The van der Waals surface area contributed by atoms with Gasteiger partial charge in [-0.3, -0.25) is 9.59 Å². The molecule has 146 valence electrons. The van der Waals surface area contributed by atoms with Crippen LogP contribution in [-0.2, 0) is 16.0 Å². The number of nitrogens with two attached hydrogens (primary N) is 1. The third-order valence-electron chi connectivity index (χ3n) is 4.37. The smallest absolute Gasteiger partial charge is 0.244 e. The molecule has 0 aliphatic heterocycles. The Morgan fingerprint density at radius 1 is 1.07 bits per heavy atom. The van der Waals surface area contributed by atoms with Gasteiger partial charge in [0.1, 0.15) is 0 Å². The molecule has 1 atom stereocenters. The monoisotopic (exact) mass is 389 g/mol. The lowest BCUT2D eigenvalue weighted by atomic mass is 9.96. The molecule has 0 heterocycles. The van der Waals surface area contributed by atoms with Crippen LogP contribution in [0.3, 0.4) is 0 Å². The molecule has 2 aromatic rings. The molecule has 27 heavy (non-hydrogen) atoms. The summed E-state index contributed by atoms with van der Waals surface area (Å²) in [5.74, 6) is -0.197. The summed E-state index contributed by atoms with van der Waals surface area (Å²) in [7, 11) is 1.77. The molecule has 5 nitrogen and oxygen atoms in total. The Labute approximate surface area is 167 Å². The van der Waals surface area contributed by atoms with Crippen LogP contribution in [0, 0.1) is 0 Å². The fourth-order valence-electron chi connectivity index (χ4n) is 2.70. The van der Waals surface area contributed by atoms with Crippen LogP contribution in [0.5, 0.6) is 0 Å². The highest BCUT2D eigenvalue weighted by atomic mass is 35.5. The van der Waals surface area contributed by atoms with E-state index in [-0.39, 0.29) is 24.2 Å². The second-order valence-corrected chi connectivity index (χ2v) is 6.78. The minimum Gasteiger partial charge on any atom is -0.325 e. The highest BCUT2D eigenvalue weighted by molar-refractivity contribution is 5.98. The van der Waals surface area contributed by atoms with Gasteiger partial charge in [-0.2, -0.15) is 0 Å². The predicted molar refractivity (Wildman–Crippen MR) is 113 cm³/mol. The number of anilines is 2. The molecule has 0 spiro atoms. The molecule has 0 saturated heterocycles. The lowest BCUT2D eigenvalue weighted by Crippen LogP contribution is -2.48. The van der Waals surface area contributed by atoms with Crippen molar-refractivity contribution >= 4 is 35.6 Å². The van der Waals surface area contributed by atoms with Gasteiger partial charge in [-0.15, -0.1) is 12.4 Å². The number of amides is 2. The molecule has 0 radical (unpaired) electrons. The maximum atomic E-state index is 12.4. The van der Waals surface area contributed by atoms with Crippen molar-refractivity contribution in [1.29, 1.82) is 0 Å². The van der Waals surface area contributed by atoms with E-state index in [0.29, 0.717) is 18.5 Å². The summed E-state index contributed by atoms with van der Waals surface area (Å²) < 4.78 is 0. The van der Waals surface area contributed by atoms with Crippen LogP contribution in [0.2, 0.25) is 0 Å². The zero-order valence-electron chi connectivity index (χ0n) is 16.1. The molecule has 2 amide bonds. The van der Waals surface area contributed by atoms with Crippen LogP contribution in [0.4, 0.5) is 11.4 Å². The first-order valence-corrected chi connectivity index (χ1v) is 8.84. The van der Waals surface area contributed by atoms with Gasteiger partial charge < -0.3 is 16.0 Å². The lowest BCUT2D eigenvalue weighted by Gasteiger charge is -2.23. The normalized spacial score (nSPS) is 12.4. The highest BCUT2D eigenvalue weighted by Gasteiger charge is 2.27. The molecule has 1 unspecified atom stereocenters. The first kappa shape index (κ1) is 22.7. The van der Waals surface area contributed by atoms with Crippen molar-refractivity contribution in [2.75, 3.05) is 17.3 Å². The van der Waals surface area contributed by atoms with E-state index in [1.54, 1.807) is 31.0 Å². The number of rotatable bonds is 7. The number of nitrogens with one attached hydrogen (secondary N) is 1. The third kappa shape index (κ3) is 6.38. The maximum absolute atomic E-state index is 12.4. The first-order chi connectivity index (χ1) is 12.3. The Balaban J connectivity index is 0.00000364. The van der Waals surface area contributed by atoms with Crippen molar-refractivity contribution < 1.29 is 9.59 Å². The number of para-hydroxylation sites is 1. The molecule has 3 N–H and O–H groups in total. The van der Waals surface area contributed by atoms with Gasteiger partial charge in [0.05, 0.1) is 12.0 Å². The van der Waals surface area contributed by atoms with Gasteiger partial charge in [0.2, 0.25) is 11.8 Å². The van der Waals surface area contributed by atoms with Crippen molar-refractivity contribution in [1.82, 2.24) is 0 Å². The second kappa shape index (κ2) is 10.1. The third-order valence-corrected chi connectivity index (χ3v) is 4.37. The zero-order chi connectivity index (χ0) is 19.2. The number of likely N-dealkylation sites (N-methyl/N-ethyl adjacent to an activating group) is 1. The lowest BCUT2D eigenvalue weighted by molar-refractivity contribution is -0.121. The number of hydrogen-bond donors (Lipinski definition) is 2. The first-order valence-electron chi connectivity index (χ1n) is 8.84. The van der Waals surface area contributed by atoms with Gasteiger partial charge in [-0.1, -0.05) is 43.7 Å². The molecular formula is C21H28ClN3O2. The SMILES string of the molecule is CCCC(C)(N)C(=O)Nc1ccc(CC(=O)N(C)c2ccccc2)cc1.Cl. The van der Waals surface area contributed by atoms with E-state index in [4.69, 9.17) is 5.73 Å². The van der Waals surface area contributed by atoms with Crippen molar-refractivity contribution in [3.8, 4) is 0 Å². The molecular weight excluding hydrogens is 362 g/mol. The maximum Gasteiger partial charge on any atom is 0.244 e. The largest absolute Gasteiger partial charge is 0.325 e. The highest BCUT2D eigenvalue weighted by Crippen LogP contribution is 2.17. The Hall–Kier alpha value is -2.37. The number of halogens is 1. The Kier molecular flexibility index (Phi) is 8.47. The van der Waals surface area contributed by atoms with Crippen LogP contribution in [0.15, 0.2) is 54.6 Å². The van der Waals surface area contributed by atoms with Crippen LogP contribution < -0.4 is 16.0 Å². The molecule has 0 aromatic heterocycles. The Morgan fingerprint density at radius 2 is 1.67 bits per heavy atom. The average Bonchev–Trinajstić information content (AvgIpc) is 2.63. The molecule has 6 heteroatoms. The summed E-state index contributed by atoms with van der Waals surface area (Å²) in [4.78, 5) is 26.3. The van der Waals surface area contributed by atoms with Gasteiger partial charge in [0, 0.05) is 18.4 Å². The van der Waals surface area contributed by atoms with Crippen molar-refractivity contribution in [2.45, 2.75) is 38.6 Å². The Bertz CT molecular complexity index is 746. The fraction of sp³-hybridized carbons (Fsp3) is 0.333. The molecule has 0 saturated carbocycles. The summed E-state index contributed by atoms with van der Waals surface area (Å²) in [6.45, 7) is 3.73. The molecule has 0 bridgehead atoms. The fourth-order valence-corrected chi connectivity index (χ4v) is 2.70. The van der Waals surface area contributed by atoms with Crippen LogP contribution in [-0.4, -0.2) is 24.4 Å². The van der Waals surface area contributed by atoms with E-state index < -0.39 is 5.54 Å². The number of nitrogens with zero attached hydrogens (tertiary/aromatic N) is 1. The minimum absolute atomic E-state index is 0. The van der Waals surface area contributed by atoms with Crippen LogP contribution >= 0.6 is 12.4 Å². The van der Waals surface area contributed by atoms with E-state index in [1.807, 2.05) is 49.4 Å². The standard InChI is InChI=1S/C21H27N3O2.ClH/c1-4-14-21(2,22)20(26)23-17-12-10-16(11-13-17)15-19(25)24(3)18-8-6-5-7-9-18;/h5-13H,4,14-15,22H2,1-3H3,(H,23,26);1H. The van der Waals surface area contributed by atoms with Gasteiger partial charge in [-0.25, -0.2) is 0 Å². The van der Waals surface area contributed by atoms with Gasteiger partial charge in [0.25, 0.3) is 0 Å². The number of benzene rings is 2. The van der Waals surface area contributed by atoms with Crippen molar-refractivity contribution in [2.24, 2.45) is 5.73 Å². The molecule has 2 rings (SSSR count). The van der Waals surface area contributed by atoms with Crippen LogP contribution in [0.1, 0.15) is 32.3 Å². The molecule has 0 fully saturated rings. The topological polar surface area (TPSA) is 75.4 Å². The van der Waals surface area contributed by atoms with E-state index in [1.165, 1.54) is 0 Å². The molecule has 2 aromatic carbocycles. The minimum atomic E-state index is -0.887. The average molecular weight is 390 g/mol. The summed E-state index contributed by atoms with van der Waals surface area (Å²) in [5, 5.41) is 2.84. The number of carbonyl (C=O) groups is 2. The quantitative estimate of drug-likeness (QED) is 0.756. The summed E-state index contributed by atoms with van der Waals surface area (Å²) in [5.41, 5.74) is 7.58. The van der Waals surface area contributed by atoms with E-state index in [2.05, 4.69) is 5.32 Å². The molecule has 0 aliphatic carbocycles. The zero-order valence-corrected chi connectivity index (χ0v) is 16.9. The number of hydrogen-bond acceptors (Lipinski definition) is 3. The van der Waals surface area contributed by atoms with Gasteiger partial charge >= 0.3 is 0 Å². The van der Waals surface area contributed by atoms with E-state index in [0.717, 1.165) is 17.7 Å². The summed E-state index contributed by atoms with van der Waals surface area (Å²) >= 11 is 0. The predicted octanol–water partition coefficient (Wildman–Crippen LogP) is 3.77. The summed E-state index contributed by atoms with van der Waals surface area (Å²) in [6, 6.07) is 16.8. The van der Waals surface area contributed by atoms with Crippen molar-refractivity contribution in [3.05, 3.63) is 60.2 Å². The van der Waals surface area contributed by atoms with Crippen molar-refractivity contribution in [3.63, 3.8) is 0 Å². The van der Waals surface area contributed by atoms with E-state index >= 15 is 0 Å². The summed E-state index contributed by atoms with van der Waals surface area (Å²) in [6.07, 6.45) is 1.76.